The van der Waals surface area contributed by atoms with Gasteiger partial charge in [-0.2, -0.15) is 0 Å². The number of benzene rings is 1. The summed E-state index contributed by atoms with van der Waals surface area (Å²) in [5.41, 5.74) is -0.224. The number of rotatable bonds is 2. The Morgan fingerprint density at radius 2 is 2.10 bits per heavy atom. The van der Waals surface area contributed by atoms with Gasteiger partial charge in [0.2, 0.25) is 11.8 Å². The molecule has 8 nitrogen and oxygen atoms in total. The Hall–Kier alpha value is -2.29. The van der Waals surface area contributed by atoms with Crippen LogP contribution in [0.4, 0.5) is 5.69 Å². The summed E-state index contributed by atoms with van der Waals surface area (Å²) in [4.78, 5) is 46.6. The van der Waals surface area contributed by atoms with E-state index < -0.39 is 28.7 Å². The predicted molar refractivity (Wildman–Crippen MR) is 74.4 cm³/mol. The summed E-state index contributed by atoms with van der Waals surface area (Å²) in [5, 5.41) is 12.9. The molecule has 1 aliphatic heterocycles. The number of hydrogen-bond acceptors (Lipinski definition) is 5. The standard InChI is InChI=1S/C12H10BrN3O5/c1-6-11(18)14-10(17)5-15(6)12(19)7-2-8(13)4-9(3-7)16(20)21/h2-4,6H,5H2,1H3,(H,14,17,18). The summed E-state index contributed by atoms with van der Waals surface area (Å²) >= 11 is 3.09. The number of non-ortho nitro benzene ring substituents is 1. The maximum atomic E-state index is 12.4. The van der Waals surface area contributed by atoms with Crippen LogP contribution in [0.2, 0.25) is 0 Å². The molecule has 1 fully saturated rings. The second-order valence-electron chi connectivity index (χ2n) is 4.48. The van der Waals surface area contributed by atoms with E-state index in [0.717, 1.165) is 11.0 Å². The average molecular weight is 356 g/mol. The molecule has 1 atom stereocenters. The zero-order valence-electron chi connectivity index (χ0n) is 10.8. The number of carbonyl (C=O) groups excluding carboxylic acids is 3. The third kappa shape index (κ3) is 3.07. The fourth-order valence-electron chi connectivity index (χ4n) is 1.93. The maximum absolute atomic E-state index is 12.4. The van der Waals surface area contributed by atoms with E-state index in [2.05, 4.69) is 21.2 Å². The van der Waals surface area contributed by atoms with Gasteiger partial charge in [-0.1, -0.05) is 15.9 Å². The number of nitrogens with one attached hydrogen (secondary N) is 1. The van der Waals surface area contributed by atoms with Crippen molar-refractivity contribution >= 4 is 39.3 Å². The van der Waals surface area contributed by atoms with E-state index in [4.69, 9.17) is 0 Å². The van der Waals surface area contributed by atoms with Gasteiger partial charge in [-0.05, 0) is 13.0 Å². The molecule has 1 heterocycles. The largest absolute Gasteiger partial charge is 0.318 e. The molecule has 1 saturated heterocycles. The van der Waals surface area contributed by atoms with Crippen LogP contribution in [0.1, 0.15) is 17.3 Å². The van der Waals surface area contributed by atoms with Crippen LogP contribution >= 0.6 is 15.9 Å². The van der Waals surface area contributed by atoms with Crippen LogP contribution in [-0.4, -0.2) is 40.1 Å². The van der Waals surface area contributed by atoms with Gasteiger partial charge in [-0.15, -0.1) is 0 Å². The molecule has 0 radical (unpaired) electrons. The predicted octanol–water partition coefficient (Wildman–Crippen LogP) is 0.844. The first-order chi connectivity index (χ1) is 9.79. The minimum absolute atomic E-state index is 0.0328. The van der Waals surface area contributed by atoms with Crippen molar-refractivity contribution in [2.45, 2.75) is 13.0 Å². The number of halogens is 1. The molecular formula is C12H10BrN3O5. The minimum atomic E-state index is -0.826. The van der Waals surface area contributed by atoms with Crippen LogP contribution in [0.25, 0.3) is 0 Å². The van der Waals surface area contributed by atoms with Gasteiger partial charge in [0.05, 0.1) is 4.92 Å². The summed E-state index contributed by atoms with van der Waals surface area (Å²) < 4.78 is 0.362. The van der Waals surface area contributed by atoms with Crippen LogP contribution in [0.3, 0.4) is 0 Å². The van der Waals surface area contributed by atoms with E-state index in [1.54, 1.807) is 0 Å². The van der Waals surface area contributed by atoms with E-state index >= 15 is 0 Å². The molecular weight excluding hydrogens is 346 g/mol. The third-order valence-electron chi connectivity index (χ3n) is 3.02. The lowest BCUT2D eigenvalue weighted by Crippen LogP contribution is -2.58. The van der Waals surface area contributed by atoms with Gasteiger partial charge in [0, 0.05) is 22.2 Å². The van der Waals surface area contributed by atoms with Crippen LogP contribution < -0.4 is 5.32 Å². The zero-order valence-corrected chi connectivity index (χ0v) is 12.4. The van der Waals surface area contributed by atoms with Crippen molar-refractivity contribution in [1.29, 1.82) is 0 Å². The van der Waals surface area contributed by atoms with Crippen molar-refractivity contribution in [3.8, 4) is 0 Å². The molecule has 9 heteroatoms. The highest BCUT2D eigenvalue weighted by molar-refractivity contribution is 9.10. The molecule has 21 heavy (non-hydrogen) atoms. The molecule has 110 valence electrons. The Balaban J connectivity index is 2.37. The minimum Gasteiger partial charge on any atom is -0.318 e. The van der Waals surface area contributed by atoms with Crippen LogP contribution in [0, 0.1) is 10.1 Å². The van der Waals surface area contributed by atoms with Gasteiger partial charge in [0.25, 0.3) is 11.6 Å². The molecule has 1 aliphatic rings. The van der Waals surface area contributed by atoms with Crippen molar-refractivity contribution in [2.75, 3.05) is 6.54 Å². The quantitative estimate of drug-likeness (QED) is 0.480. The maximum Gasteiger partial charge on any atom is 0.271 e. The lowest BCUT2D eigenvalue weighted by atomic mass is 10.1. The first kappa shape index (κ1) is 15.1. The van der Waals surface area contributed by atoms with E-state index in [-0.39, 0.29) is 17.8 Å². The average Bonchev–Trinajstić information content (AvgIpc) is 2.41. The third-order valence-corrected chi connectivity index (χ3v) is 3.48. The van der Waals surface area contributed by atoms with Crippen molar-refractivity contribution < 1.29 is 19.3 Å². The highest BCUT2D eigenvalue weighted by Crippen LogP contribution is 2.23. The first-order valence-electron chi connectivity index (χ1n) is 5.89. The fraction of sp³-hybridized carbons (Fsp3) is 0.250. The second-order valence-corrected chi connectivity index (χ2v) is 5.39. The molecule has 2 rings (SSSR count). The molecule has 0 aliphatic carbocycles. The Bertz CT molecular complexity index is 660. The van der Waals surface area contributed by atoms with Crippen molar-refractivity contribution in [3.63, 3.8) is 0 Å². The molecule has 1 N–H and O–H groups in total. The van der Waals surface area contributed by atoms with Gasteiger partial charge >= 0.3 is 0 Å². The van der Waals surface area contributed by atoms with Crippen molar-refractivity contribution in [2.24, 2.45) is 0 Å². The van der Waals surface area contributed by atoms with Crippen LogP contribution in [-0.2, 0) is 9.59 Å². The number of nitro groups is 1. The highest BCUT2D eigenvalue weighted by atomic mass is 79.9. The van der Waals surface area contributed by atoms with E-state index in [1.165, 1.54) is 19.1 Å². The molecule has 0 bridgehead atoms. The monoisotopic (exact) mass is 355 g/mol. The Labute approximate surface area is 127 Å². The Morgan fingerprint density at radius 1 is 1.43 bits per heavy atom. The SMILES string of the molecule is CC1C(=O)NC(=O)CN1C(=O)c1cc(Br)cc([N+](=O)[O-])c1. The Kier molecular flexibility index (Phi) is 4.03. The molecule has 0 spiro atoms. The van der Waals surface area contributed by atoms with Gasteiger partial charge in [-0.25, -0.2) is 0 Å². The second kappa shape index (κ2) is 5.60. The number of carbonyl (C=O) groups is 3. The number of nitrogens with zero attached hydrogens (tertiary/aromatic N) is 2. The van der Waals surface area contributed by atoms with Crippen LogP contribution in [0.15, 0.2) is 22.7 Å². The number of nitro benzene ring substituents is 1. The molecule has 1 aromatic carbocycles. The Morgan fingerprint density at radius 3 is 2.71 bits per heavy atom. The van der Waals surface area contributed by atoms with Crippen molar-refractivity contribution in [1.82, 2.24) is 10.2 Å². The molecule has 1 unspecified atom stereocenters. The fourth-order valence-corrected chi connectivity index (χ4v) is 2.41. The van der Waals surface area contributed by atoms with Gasteiger partial charge < -0.3 is 4.90 Å². The number of hydrogen-bond donors (Lipinski definition) is 1. The van der Waals surface area contributed by atoms with E-state index in [0.29, 0.717) is 4.47 Å². The summed E-state index contributed by atoms with van der Waals surface area (Å²) in [5.74, 6) is -1.78. The van der Waals surface area contributed by atoms with Gasteiger partial charge in [0.1, 0.15) is 12.6 Å². The number of amides is 3. The molecule has 1 aromatic rings. The van der Waals surface area contributed by atoms with Crippen molar-refractivity contribution in [3.05, 3.63) is 38.3 Å². The first-order valence-corrected chi connectivity index (χ1v) is 6.68. The molecule has 0 aromatic heterocycles. The van der Waals surface area contributed by atoms with E-state index in [1.807, 2.05) is 0 Å². The number of imide groups is 1. The van der Waals surface area contributed by atoms with E-state index in [9.17, 15) is 24.5 Å². The number of piperazine rings is 1. The summed E-state index contributed by atoms with van der Waals surface area (Å²) in [7, 11) is 0. The topological polar surface area (TPSA) is 110 Å². The zero-order chi connectivity index (χ0) is 15.7. The lowest BCUT2D eigenvalue weighted by molar-refractivity contribution is -0.385. The molecule has 0 saturated carbocycles. The lowest BCUT2D eigenvalue weighted by Gasteiger charge is -2.31. The summed E-state index contributed by atoms with van der Waals surface area (Å²) in [6, 6.07) is 2.94. The summed E-state index contributed by atoms with van der Waals surface area (Å²) in [6.07, 6.45) is 0. The molecule has 3 amide bonds. The smallest absolute Gasteiger partial charge is 0.271 e. The highest BCUT2D eigenvalue weighted by Gasteiger charge is 2.34. The van der Waals surface area contributed by atoms with Crippen LogP contribution in [0.5, 0.6) is 0 Å². The normalized spacial score (nSPS) is 18.4. The van der Waals surface area contributed by atoms with Gasteiger partial charge in [0.15, 0.2) is 0 Å². The van der Waals surface area contributed by atoms with Gasteiger partial charge in [-0.3, -0.25) is 29.8 Å². The summed E-state index contributed by atoms with van der Waals surface area (Å²) in [6.45, 7) is 1.21.